The molecule has 120 valence electrons. The number of rotatable bonds is 4. The smallest absolute Gasteiger partial charge is 0.251 e. The van der Waals surface area contributed by atoms with Crippen LogP contribution in [0, 0.1) is 13.8 Å². The van der Waals surface area contributed by atoms with Crippen LogP contribution in [0.3, 0.4) is 0 Å². The van der Waals surface area contributed by atoms with Gasteiger partial charge < -0.3 is 10.2 Å². The lowest BCUT2D eigenvalue weighted by atomic mass is 10.1. The number of carbonyl (C=O) groups excluding carboxylic acids is 1. The molecule has 0 aromatic heterocycles. The van der Waals surface area contributed by atoms with Crippen LogP contribution in [0.2, 0.25) is 0 Å². The van der Waals surface area contributed by atoms with Crippen LogP contribution in [0.5, 0.6) is 0 Å². The van der Waals surface area contributed by atoms with Gasteiger partial charge in [-0.1, -0.05) is 35.4 Å². The Kier molecular flexibility index (Phi) is 4.65. The Morgan fingerprint density at radius 1 is 1.13 bits per heavy atom. The SMILES string of the molecule is Cc1cc(C)cc(C(=O)NCC2CCCN2c2ccccc2)c1. The lowest BCUT2D eigenvalue weighted by molar-refractivity contribution is 0.0951. The standard InChI is InChI=1S/C20H24N2O/c1-15-11-16(2)13-17(12-15)20(23)21-14-19-9-6-10-22(19)18-7-4-3-5-8-18/h3-5,7-8,11-13,19H,6,9-10,14H2,1-2H3,(H,21,23). The van der Waals surface area contributed by atoms with Gasteiger partial charge >= 0.3 is 0 Å². The molecule has 3 heteroatoms. The summed E-state index contributed by atoms with van der Waals surface area (Å²) in [5.74, 6) is 0.0247. The van der Waals surface area contributed by atoms with E-state index in [1.165, 1.54) is 12.1 Å². The van der Waals surface area contributed by atoms with E-state index in [1.54, 1.807) is 0 Å². The van der Waals surface area contributed by atoms with Gasteiger partial charge in [-0.3, -0.25) is 4.79 Å². The van der Waals surface area contributed by atoms with Gasteiger partial charge in [0.05, 0.1) is 0 Å². The summed E-state index contributed by atoms with van der Waals surface area (Å²) >= 11 is 0. The van der Waals surface area contributed by atoms with E-state index in [0.717, 1.165) is 29.7 Å². The zero-order chi connectivity index (χ0) is 16.2. The Morgan fingerprint density at radius 3 is 2.52 bits per heavy atom. The summed E-state index contributed by atoms with van der Waals surface area (Å²) in [7, 11) is 0. The Bertz CT molecular complexity index is 661. The summed E-state index contributed by atoms with van der Waals surface area (Å²) < 4.78 is 0. The highest BCUT2D eigenvalue weighted by molar-refractivity contribution is 5.94. The Hall–Kier alpha value is -2.29. The van der Waals surface area contributed by atoms with Crippen molar-refractivity contribution in [3.8, 4) is 0 Å². The second-order valence-corrected chi connectivity index (χ2v) is 6.41. The molecule has 3 rings (SSSR count). The van der Waals surface area contributed by atoms with Crippen LogP contribution in [-0.2, 0) is 0 Å². The number of anilines is 1. The van der Waals surface area contributed by atoms with Crippen molar-refractivity contribution in [1.82, 2.24) is 5.32 Å². The van der Waals surface area contributed by atoms with E-state index >= 15 is 0 Å². The van der Waals surface area contributed by atoms with E-state index in [-0.39, 0.29) is 5.91 Å². The second-order valence-electron chi connectivity index (χ2n) is 6.41. The highest BCUT2D eigenvalue weighted by Gasteiger charge is 2.25. The summed E-state index contributed by atoms with van der Waals surface area (Å²) in [6, 6.07) is 16.8. The van der Waals surface area contributed by atoms with Gasteiger partial charge in [0.1, 0.15) is 0 Å². The molecule has 1 saturated heterocycles. The fourth-order valence-electron chi connectivity index (χ4n) is 3.43. The number of nitrogens with zero attached hydrogens (tertiary/aromatic N) is 1. The molecule has 0 saturated carbocycles. The molecule has 0 spiro atoms. The lowest BCUT2D eigenvalue weighted by Gasteiger charge is -2.27. The van der Waals surface area contributed by atoms with Gasteiger partial charge in [-0.2, -0.15) is 0 Å². The predicted octanol–water partition coefficient (Wildman–Crippen LogP) is 3.70. The van der Waals surface area contributed by atoms with E-state index in [4.69, 9.17) is 0 Å². The van der Waals surface area contributed by atoms with Crippen LogP contribution in [0.4, 0.5) is 5.69 Å². The third-order valence-corrected chi connectivity index (χ3v) is 4.45. The first kappa shape index (κ1) is 15.6. The molecular formula is C20H24N2O. The molecule has 1 amide bonds. The number of hydrogen-bond donors (Lipinski definition) is 1. The summed E-state index contributed by atoms with van der Waals surface area (Å²) in [5.41, 5.74) is 4.26. The minimum absolute atomic E-state index is 0.0247. The molecule has 1 aliphatic heterocycles. The van der Waals surface area contributed by atoms with Crippen molar-refractivity contribution in [3.63, 3.8) is 0 Å². The van der Waals surface area contributed by atoms with Gasteiger partial charge in [0.15, 0.2) is 0 Å². The molecule has 1 fully saturated rings. The zero-order valence-corrected chi connectivity index (χ0v) is 13.9. The topological polar surface area (TPSA) is 32.3 Å². The Morgan fingerprint density at radius 2 is 1.83 bits per heavy atom. The third kappa shape index (κ3) is 3.73. The molecule has 1 heterocycles. The predicted molar refractivity (Wildman–Crippen MR) is 95.1 cm³/mol. The second kappa shape index (κ2) is 6.86. The van der Waals surface area contributed by atoms with Crippen LogP contribution in [0.1, 0.15) is 34.3 Å². The van der Waals surface area contributed by atoms with Crippen LogP contribution >= 0.6 is 0 Å². The number of aryl methyl sites for hydroxylation is 2. The summed E-state index contributed by atoms with van der Waals surface area (Å²) in [6.45, 7) is 5.81. The molecule has 1 N–H and O–H groups in total. The van der Waals surface area contributed by atoms with Crippen molar-refractivity contribution in [2.75, 3.05) is 18.0 Å². The first-order valence-corrected chi connectivity index (χ1v) is 8.31. The molecule has 0 radical (unpaired) electrons. The maximum absolute atomic E-state index is 12.4. The molecule has 0 bridgehead atoms. The highest BCUT2D eigenvalue weighted by atomic mass is 16.1. The molecule has 3 nitrogen and oxygen atoms in total. The minimum Gasteiger partial charge on any atom is -0.367 e. The molecule has 1 unspecified atom stereocenters. The van der Waals surface area contributed by atoms with Crippen molar-refractivity contribution >= 4 is 11.6 Å². The first-order chi connectivity index (χ1) is 11.1. The van der Waals surface area contributed by atoms with Crippen molar-refractivity contribution in [1.29, 1.82) is 0 Å². The van der Waals surface area contributed by atoms with E-state index in [1.807, 2.05) is 32.0 Å². The van der Waals surface area contributed by atoms with Crippen LogP contribution < -0.4 is 10.2 Å². The lowest BCUT2D eigenvalue weighted by Crippen LogP contribution is -2.40. The van der Waals surface area contributed by atoms with E-state index < -0.39 is 0 Å². The quantitative estimate of drug-likeness (QED) is 0.934. The molecule has 0 aliphatic carbocycles. The molecule has 23 heavy (non-hydrogen) atoms. The van der Waals surface area contributed by atoms with Crippen molar-refractivity contribution < 1.29 is 4.79 Å². The number of carbonyl (C=O) groups is 1. The van der Waals surface area contributed by atoms with E-state index in [9.17, 15) is 4.79 Å². The molecule has 2 aromatic rings. The fraction of sp³-hybridized carbons (Fsp3) is 0.350. The normalized spacial score (nSPS) is 17.3. The molecule has 1 atom stereocenters. The largest absolute Gasteiger partial charge is 0.367 e. The van der Waals surface area contributed by atoms with Gasteiger partial charge in [-0.05, 0) is 51.0 Å². The van der Waals surface area contributed by atoms with Gasteiger partial charge in [-0.15, -0.1) is 0 Å². The van der Waals surface area contributed by atoms with Crippen LogP contribution in [0.15, 0.2) is 48.5 Å². The third-order valence-electron chi connectivity index (χ3n) is 4.45. The van der Waals surface area contributed by atoms with E-state index in [0.29, 0.717) is 12.6 Å². The van der Waals surface area contributed by atoms with Gasteiger partial charge in [-0.25, -0.2) is 0 Å². The summed E-state index contributed by atoms with van der Waals surface area (Å²) in [4.78, 5) is 14.8. The Balaban J connectivity index is 1.64. The first-order valence-electron chi connectivity index (χ1n) is 8.31. The van der Waals surface area contributed by atoms with Crippen molar-refractivity contribution in [3.05, 3.63) is 65.2 Å². The average molecular weight is 308 g/mol. The Labute approximate surface area is 138 Å². The van der Waals surface area contributed by atoms with Crippen LogP contribution in [0.25, 0.3) is 0 Å². The van der Waals surface area contributed by atoms with Gasteiger partial charge in [0, 0.05) is 30.4 Å². The number of nitrogens with one attached hydrogen (secondary N) is 1. The maximum Gasteiger partial charge on any atom is 0.251 e. The van der Waals surface area contributed by atoms with Gasteiger partial charge in [0.25, 0.3) is 5.91 Å². The molecule has 1 aliphatic rings. The monoisotopic (exact) mass is 308 g/mol. The fourth-order valence-corrected chi connectivity index (χ4v) is 3.43. The zero-order valence-electron chi connectivity index (χ0n) is 13.9. The number of para-hydroxylation sites is 1. The number of amides is 1. The van der Waals surface area contributed by atoms with Gasteiger partial charge in [0.2, 0.25) is 0 Å². The average Bonchev–Trinajstić information content (AvgIpc) is 3.01. The molecular weight excluding hydrogens is 284 g/mol. The highest BCUT2D eigenvalue weighted by Crippen LogP contribution is 2.24. The van der Waals surface area contributed by atoms with Crippen molar-refractivity contribution in [2.45, 2.75) is 32.7 Å². The van der Waals surface area contributed by atoms with E-state index in [2.05, 4.69) is 40.5 Å². The van der Waals surface area contributed by atoms with Crippen molar-refractivity contribution in [2.24, 2.45) is 0 Å². The number of benzene rings is 2. The minimum atomic E-state index is 0.0247. The maximum atomic E-state index is 12.4. The number of hydrogen-bond acceptors (Lipinski definition) is 2. The summed E-state index contributed by atoms with van der Waals surface area (Å²) in [5, 5.41) is 3.11. The summed E-state index contributed by atoms with van der Waals surface area (Å²) in [6.07, 6.45) is 2.31. The van der Waals surface area contributed by atoms with Crippen LogP contribution in [-0.4, -0.2) is 25.0 Å². The molecule has 2 aromatic carbocycles.